The van der Waals surface area contributed by atoms with Crippen LogP contribution in [0.2, 0.25) is 0 Å². The van der Waals surface area contributed by atoms with Crippen LogP contribution in [0.3, 0.4) is 0 Å². The third-order valence-electron chi connectivity index (χ3n) is 4.34. The van der Waals surface area contributed by atoms with Crippen molar-refractivity contribution in [1.29, 1.82) is 5.26 Å². The molecule has 9 heteroatoms. The number of rotatable bonds is 9. The minimum absolute atomic E-state index is 0.115. The van der Waals surface area contributed by atoms with E-state index < -0.39 is 16.1 Å². The maximum absolute atomic E-state index is 12.6. The van der Waals surface area contributed by atoms with Gasteiger partial charge >= 0.3 is 0 Å². The second-order valence-electron chi connectivity index (χ2n) is 7.56. The molecule has 3 N–H and O–H groups in total. The summed E-state index contributed by atoms with van der Waals surface area (Å²) in [6, 6.07) is 14.9. The summed E-state index contributed by atoms with van der Waals surface area (Å²) in [5, 5.41) is 13.9. The number of carbonyl (C=O) groups is 2. The number of nitrogens with zero attached hydrogens (tertiary/aromatic N) is 1. The lowest BCUT2D eigenvalue weighted by Crippen LogP contribution is -2.47. The third kappa shape index (κ3) is 7.75. The van der Waals surface area contributed by atoms with E-state index in [1.807, 2.05) is 19.9 Å². The highest BCUT2D eigenvalue weighted by molar-refractivity contribution is 7.92. The number of hydrogen-bond acceptors (Lipinski definition) is 5. The van der Waals surface area contributed by atoms with Gasteiger partial charge in [0.2, 0.25) is 15.9 Å². The van der Waals surface area contributed by atoms with Crippen molar-refractivity contribution in [2.24, 2.45) is 5.92 Å². The molecule has 0 aromatic heterocycles. The predicted octanol–water partition coefficient (Wildman–Crippen LogP) is 2.51. The fraction of sp³-hybridized carbons (Fsp3) is 0.318. The van der Waals surface area contributed by atoms with Crippen molar-refractivity contribution in [3.63, 3.8) is 0 Å². The molecular formula is C22H26N4O4S. The van der Waals surface area contributed by atoms with E-state index in [-0.39, 0.29) is 24.3 Å². The smallest absolute Gasteiger partial charge is 0.251 e. The van der Waals surface area contributed by atoms with Crippen LogP contribution in [0.5, 0.6) is 0 Å². The van der Waals surface area contributed by atoms with E-state index in [1.54, 1.807) is 48.5 Å². The molecule has 0 saturated heterocycles. The van der Waals surface area contributed by atoms with Gasteiger partial charge in [-0.2, -0.15) is 5.26 Å². The summed E-state index contributed by atoms with van der Waals surface area (Å²) in [5.41, 5.74) is 2.58. The first-order valence-electron chi connectivity index (χ1n) is 9.73. The molecule has 2 aromatic carbocycles. The van der Waals surface area contributed by atoms with Crippen molar-refractivity contribution in [3.05, 3.63) is 54.1 Å². The fourth-order valence-corrected chi connectivity index (χ4v) is 3.52. The number of carbonyl (C=O) groups excluding carboxylic acids is 2. The minimum Gasteiger partial charge on any atom is -0.341 e. The number of amides is 2. The fourth-order valence-electron chi connectivity index (χ4n) is 2.95. The number of nitriles is 1. The summed E-state index contributed by atoms with van der Waals surface area (Å²) in [6.45, 7) is 3.78. The number of benzene rings is 2. The lowest BCUT2D eigenvalue weighted by Gasteiger charge is -2.19. The summed E-state index contributed by atoms with van der Waals surface area (Å²) in [6.07, 6.45) is 1.54. The lowest BCUT2D eigenvalue weighted by atomic mass is 10.0. The zero-order chi connectivity index (χ0) is 23.0. The predicted molar refractivity (Wildman–Crippen MR) is 120 cm³/mol. The molecule has 2 amide bonds. The summed E-state index contributed by atoms with van der Waals surface area (Å²) >= 11 is 0. The molecule has 0 saturated carbocycles. The minimum atomic E-state index is -3.34. The lowest BCUT2D eigenvalue weighted by molar-refractivity contribution is -0.123. The van der Waals surface area contributed by atoms with Crippen LogP contribution in [-0.4, -0.2) is 39.1 Å². The number of sulfonamides is 1. The topological polar surface area (TPSA) is 128 Å². The van der Waals surface area contributed by atoms with Crippen LogP contribution in [0.1, 0.15) is 30.6 Å². The van der Waals surface area contributed by atoms with Gasteiger partial charge in [-0.05, 0) is 47.7 Å². The van der Waals surface area contributed by atoms with E-state index in [4.69, 9.17) is 5.26 Å². The van der Waals surface area contributed by atoms with E-state index in [9.17, 15) is 18.0 Å². The van der Waals surface area contributed by atoms with Gasteiger partial charge in [-0.3, -0.25) is 14.3 Å². The first kappa shape index (κ1) is 23.9. The molecule has 0 aliphatic heterocycles. The molecule has 0 unspecified atom stereocenters. The highest BCUT2D eigenvalue weighted by atomic mass is 32.2. The van der Waals surface area contributed by atoms with Gasteiger partial charge in [0.1, 0.15) is 12.6 Å². The summed E-state index contributed by atoms with van der Waals surface area (Å²) in [5.74, 6) is -0.583. The van der Waals surface area contributed by atoms with E-state index in [1.165, 1.54) is 0 Å². The molecule has 0 radical (unpaired) electrons. The van der Waals surface area contributed by atoms with Crippen molar-refractivity contribution in [3.8, 4) is 17.2 Å². The quantitative estimate of drug-likeness (QED) is 0.514. The molecule has 164 valence electrons. The van der Waals surface area contributed by atoms with E-state index >= 15 is 0 Å². The van der Waals surface area contributed by atoms with Crippen LogP contribution >= 0.6 is 0 Å². The molecule has 0 heterocycles. The summed E-state index contributed by atoms with van der Waals surface area (Å²) in [4.78, 5) is 24.9. The van der Waals surface area contributed by atoms with Crippen molar-refractivity contribution in [1.82, 2.24) is 10.6 Å². The van der Waals surface area contributed by atoms with Gasteiger partial charge in [-0.15, -0.1) is 0 Å². The summed E-state index contributed by atoms with van der Waals surface area (Å²) < 4.78 is 25.0. The zero-order valence-electron chi connectivity index (χ0n) is 17.7. The molecule has 0 aliphatic rings. The van der Waals surface area contributed by atoms with E-state index in [2.05, 4.69) is 15.4 Å². The Bertz CT molecular complexity index is 1060. The third-order valence-corrected chi connectivity index (χ3v) is 4.95. The van der Waals surface area contributed by atoms with Gasteiger partial charge in [-0.1, -0.05) is 38.1 Å². The van der Waals surface area contributed by atoms with Crippen LogP contribution < -0.4 is 15.4 Å². The number of hydrogen-bond donors (Lipinski definition) is 3. The van der Waals surface area contributed by atoms with Gasteiger partial charge in [-0.25, -0.2) is 8.42 Å². The molecular weight excluding hydrogens is 416 g/mol. The van der Waals surface area contributed by atoms with Crippen molar-refractivity contribution in [2.75, 3.05) is 17.5 Å². The zero-order valence-corrected chi connectivity index (χ0v) is 18.5. The van der Waals surface area contributed by atoms with Gasteiger partial charge in [0.05, 0.1) is 12.3 Å². The van der Waals surface area contributed by atoms with Crippen LogP contribution in [0.4, 0.5) is 5.69 Å². The molecule has 0 fully saturated rings. The molecule has 0 spiro atoms. The Balaban J connectivity index is 2.09. The van der Waals surface area contributed by atoms with Gasteiger partial charge in [0.15, 0.2) is 0 Å². The van der Waals surface area contributed by atoms with Gasteiger partial charge in [0, 0.05) is 11.3 Å². The average Bonchev–Trinajstić information content (AvgIpc) is 2.70. The van der Waals surface area contributed by atoms with Crippen molar-refractivity contribution < 1.29 is 18.0 Å². The Morgan fingerprint density at radius 2 is 1.55 bits per heavy atom. The molecule has 2 aromatic rings. The average molecular weight is 443 g/mol. The van der Waals surface area contributed by atoms with Crippen LogP contribution in [0.15, 0.2) is 48.5 Å². The van der Waals surface area contributed by atoms with Crippen LogP contribution in [-0.2, 0) is 14.8 Å². The first-order valence-corrected chi connectivity index (χ1v) is 11.6. The van der Waals surface area contributed by atoms with Crippen LogP contribution in [0.25, 0.3) is 11.1 Å². The van der Waals surface area contributed by atoms with Crippen molar-refractivity contribution >= 4 is 27.5 Å². The largest absolute Gasteiger partial charge is 0.341 e. The highest BCUT2D eigenvalue weighted by Crippen LogP contribution is 2.22. The molecule has 0 bridgehead atoms. The van der Waals surface area contributed by atoms with E-state index in [0.717, 1.165) is 17.4 Å². The Morgan fingerprint density at radius 3 is 2.03 bits per heavy atom. The molecule has 8 nitrogen and oxygen atoms in total. The molecule has 0 aliphatic carbocycles. The highest BCUT2D eigenvalue weighted by Gasteiger charge is 2.22. The van der Waals surface area contributed by atoms with E-state index in [0.29, 0.717) is 17.7 Å². The molecule has 1 atom stereocenters. The Morgan fingerprint density at radius 1 is 1.00 bits per heavy atom. The first-order chi connectivity index (χ1) is 14.6. The van der Waals surface area contributed by atoms with Crippen LogP contribution in [0, 0.1) is 17.2 Å². The normalized spacial score (nSPS) is 12.0. The summed E-state index contributed by atoms with van der Waals surface area (Å²) in [7, 11) is -3.34. The van der Waals surface area contributed by atoms with Crippen molar-refractivity contribution in [2.45, 2.75) is 26.3 Å². The Hall–Kier alpha value is -3.38. The number of nitrogens with one attached hydrogen (secondary N) is 3. The second-order valence-corrected chi connectivity index (χ2v) is 9.31. The number of anilines is 1. The molecule has 31 heavy (non-hydrogen) atoms. The van der Waals surface area contributed by atoms with Gasteiger partial charge in [0.25, 0.3) is 5.91 Å². The maximum atomic E-state index is 12.6. The van der Waals surface area contributed by atoms with Gasteiger partial charge < -0.3 is 10.6 Å². The Kier molecular flexibility index (Phi) is 8.16. The SMILES string of the molecule is CC(C)C[C@H](NC(=O)c1ccc(-c2ccc(NS(C)(=O)=O)cc2)cc1)C(=O)NCC#N. The standard InChI is InChI=1S/C22H26N4O4S/c1-15(2)14-20(22(28)24-13-12-23)25-21(27)18-6-4-16(5-7-18)17-8-10-19(11-9-17)26-31(3,29)30/h4-11,15,20,26H,13-14H2,1-3H3,(H,24,28)(H,25,27)/t20-/m0/s1. The molecule has 2 rings (SSSR count). The Labute approximate surface area is 182 Å². The monoisotopic (exact) mass is 442 g/mol. The second kappa shape index (κ2) is 10.6. The maximum Gasteiger partial charge on any atom is 0.251 e.